The summed E-state index contributed by atoms with van der Waals surface area (Å²) in [6.45, 7) is 0.949. The molecule has 4 heteroatoms. The summed E-state index contributed by atoms with van der Waals surface area (Å²) in [7, 11) is 1.94. The van der Waals surface area contributed by atoms with Crippen molar-refractivity contribution < 1.29 is 4.79 Å². The van der Waals surface area contributed by atoms with E-state index in [0.29, 0.717) is 19.1 Å². The highest BCUT2D eigenvalue weighted by Gasteiger charge is 2.16. The molecular formula is C16H25N3O. The van der Waals surface area contributed by atoms with Crippen molar-refractivity contribution in [2.75, 3.05) is 18.5 Å². The van der Waals surface area contributed by atoms with Gasteiger partial charge in [0.15, 0.2) is 0 Å². The first kappa shape index (κ1) is 14.9. The number of nitrogens with two attached hydrogens (primary N) is 1. The molecule has 20 heavy (non-hydrogen) atoms. The van der Waals surface area contributed by atoms with Gasteiger partial charge in [-0.05, 0) is 30.5 Å². The number of hydrogen-bond acceptors (Lipinski definition) is 3. The van der Waals surface area contributed by atoms with Gasteiger partial charge in [0.2, 0.25) is 5.91 Å². The van der Waals surface area contributed by atoms with Gasteiger partial charge in [0.1, 0.15) is 0 Å². The summed E-state index contributed by atoms with van der Waals surface area (Å²) >= 11 is 0. The third-order valence-corrected chi connectivity index (χ3v) is 3.96. The molecule has 2 rings (SSSR count). The largest absolute Gasteiger partial charge is 0.365 e. The summed E-state index contributed by atoms with van der Waals surface area (Å²) < 4.78 is 0. The fraction of sp³-hybridized carbons (Fsp3) is 0.562. The molecule has 0 atom stereocenters. The quantitative estimate of drug-likeness (QED) is 0.864. The first-order valence-corrected chi connectivity index (χ1v) is 7.48. The summed E-state index contributed by atoms with van der Waals surface area (Å²) in [6, 6.07) is 8.41. The molecular weight excluding hydrogens is 250 g/mol. The number of likely N-dealkylation sites (N-methyl/N-ethyl adjacent to an activating group) is 1. The zero-order valence-corrected chi connectivity index (χ0v) is 12.3. The number of carbonyl (C=O) groups is 1. The molecule has 3 N–H and O–H groups in total. The van der Waals surface area contributed by atoms with E-state index in [9.17, 15) is 4.79 Å². The van der Waals surface area contributed by atoms with Gasteiger partial charge >= 0.3 is 0 Å². The van der Waals surface area contributed by atoms with Gasteiger partial charge in [-0.1, -0.05) is 31.4 Å². The SMILES string of the molecule is CN(CC(=O)NC1CCCCC1)c1ccc(CN)cc1. The normalized spacial score (nSPS) is 15.9. The average Bonchev–Trinajstić information content (AvgIpc) is 2.48. The predicted octanol–water partition coefficient (Wildman–Crippen LogP) is 2.03. The molecule has 1 aliphatic carbocycles. The zero-order valence-electron chi connectivity index (χ0n) is 12.3. The van der Waals surface area contributed by atoms with Crippen LogP contribution in [0.5, 0.6) is 0 Å². The van der Waals surface area contributed by atoms with Gasteiger partial charge in [0.25, 0.3) is 0 Å². The van der Waals surface area contributed by atoms with Gasteiger partial charge in [-0.25, -0.2) is 0 Å². The Balaban J connectivity index is 1.82. The van der Waals surface area contributed by atoms with Crippen LogP contribution in [-0.4, -0.2) is 25.5 Å². The lowest BCUT2D eigenvalue weighted by Crippen LogP contribution is -2.41. The third kappa shape index (κ3) is 4.23. The average molecular weight is 275 g/mol. The number of nitrogens with zero attached hydrogens (tertiary/aromatic N) is 1. The van der Waals surface area contributed by atoms with Crippen LogP contribution in [0.4, 0.5) is 5.69 Å². The van der Waals surface area contributed by atoms with Gasteiger partial charge in [0.05, 0.1) is 6.54 Å². The molecule has 4 nitrogen and oxygen atoms in total. The standard InChI is InChI=1S/C16H25N3O/c1-19(15-9-7-13(11-17)8-10-15)12-16(20)18-14-5-3-2-4-6-14/h7-10,14H,2-6,11-12,17H2,1H3,(H,18,20). The van der Waals surface area contributed by atoms with Crippen LogP contribution in [0.3, 0.4) is 0 Å². The van der Waals surface area contributed by atoms with Crippen LogP contribution in [0.2, 0.25) is 0 Å². The highest BCUT2D eigenvalue weighted by molar-refractivity contribution is 5.81. The Bertz CT molecular complexity index is 424. The highest BCUT2D eigenvalue weighted by atomic mass is 16.2. The van der Waals surface area contributed by atoms with Gasteiger partial charge < -0.3 is 16.0 Å². The highest BCUT2D eigenvalue weighted by Crippen LogP contribution is 2.17. The van der Waals surface area contributed by atoms with Crippen LogP contribution in [0.1, 0.15) is 37.7 Å². The van der Waals surface area contributed by atoms with Crippen LogP contribution in [0.25, 0.3) is 0 Å². The molecule has 0 unspecified atom stereocenters. The van der Waals surface area contributed by atoms with Crippen molar-refractivity contribution in [1.82, 2.24) is 5.32 Å². The summed E-state index contributed by atoms with van der Waals surface area (Å²) in [6.07, 6.45) is 6.03. The summed E-state index contributed by atoms with van der Waals surface area (Å²) in [4.78, 5) is 14.0. The molecule has 1 aliphatic rings. The third-order valence-electron chi connectivity index (χ3n) is 3.96. The van der Waals surface area contributed by atoms with Crippen LogP contribution >= 0.6 is 0 Å². The summed E-state index contributed by atoms with van der Waals surface area (Å²) in [5, 5.41) is 3.14. The molecule has 0 bridgehead atoms. The molecule has 0 aliphatic heterocycles. The van der Waals surface area contributed by atoms with Gasteiger partial charge in [-0.2, -0.15) is 0 Å². The van der Waals surface area contributed by atoms with Crippen LogP contribution in [0, 0.1) is 0 Å². The van der Waals surface area contributed by atoms with Crippen molar-refractivity contribution in [1.29, 1.82) is 0 Å². The van der Waals surface area contributed by atoms with E-state index in [1.54, 1.807) is 0 Å². The maximum atomic E-state index is 12.0. The van der Waals surface area contributed by atoms with Gasteiger partial charge in [-0.3, -0.25) is 4.79 Å². The molecule has 1 amide bonds. The lowest BCUT2D eigenvalue weighted by molar-refractivity contribution is -0.120. The minimum Gasteiger partial charge on any atom is -0.365 e. The van der Waals surface area contributed by atoms with Gasteiger partial charge in [-0.15, -0.1) is 0 Å². The Hall–Kier alpha value is -1.55. The van der Waals surface area contributed by atoms with E-state index in [0.717, 1.165) is 24.1 Å². The molecule has 0 heterocycles. The minimum absolute atomic E-state index is 0.113. The number of nitrogens with one attached hydrogen (secondary N) is 1. The van der Waals surface area contributed by atoms with Crippen LogP contribution < -0.4 is 16.0 Å². The number of amides is 1. The van der Waals surface area contributed by atoms with E-state index < -0.39 is 0 Å². The Kier molecular flexibility index (Phi) is 5.41. The van der Waals surface area contributed by atoms with E-state index in [-0.39, 0.29) is 5.91 Å². The molecule has 0 saturated heterocycles. The topological polar surface area (TPSA) is 58.4 Å². The summed E-state index contributed by atoms with van der Waals surface area (Å²) in [5.41, 5.74) is 7.73. The summed E-state index contributed by atoms with van der Waals surface area (Å²) in [5.74, 6) is 0.113. The molecule has 0 radical (unpaired) electrons. The van der Waals surface area contributed by atoms with E-state index in [4.69, 9.17) is 5.73 Å². The second-order valence-electron chi connectivity index (χ2n) is 5.63. The zero-order chi connectivity index (χ0) is 14.4. The second kappa shape index (κ2) is 7.29. The first-order chi connectivity index (χ1) is 9.69. The Labute approximate surface area is 121 Å². The number of carbonyl (C=O) groups excluding carboxylic acids is 1. The Morgan fingerprint density at radius 2 is 1.90 bits per heavy atom. The minimum atomic E-state index is 0.113. The first-order valence-electron chi connectivity index (χ1n) is 7.48. The maximum absolute atomic E-state index is 12.0. The number of anilines is 1. The Morgan fingerprint density at radius 1 is 1.25 bits per heavy atom. The van der Waals surface area contributed by atoms with E-state index >= 15 is 0 Å². The van der Waals surface area contributed by atoms with Crippen molar-refractivity contribution in [2.24, 2.45) is 5.73 Å². The molecule has 110 valence electrons. The molecule has 1 saturated carbocycles. The molecule has 1 aromatic carbocycles. The fourth-order valence-corrected chi connectivity index (χ4v) is 2.71. The maximum Gasteiger partial charge on any atom is 0.239 e. The smallest absolute Gasteiger partial charge is 0.239 e. The molecule has 0 aromatic heterocycles. The predicted molar refractivity (Wildman–Crippen MR) is 82.6 cm³/mol. The van der Waals surface area contributed by atoms with Crippen molar-refractivity contribution in [3.8, 4) is 0 Å². The molecule has 1 fully saturated rings. The van der Waals surface area contributed by atoms with Crippen LogP contribution in [-0.2, 0) is 11.3 Å². The lowest BCUT2D eigenvalue weighted by Gasteiger charge is -2.25. The monoisotopic (exact) mass is 275 g/mol. The fourth-order valence-electron chi connectivity index (χ4n) is 2.71. The van der Waals surface area contributed by atoms with Crippen molar-refractivity contribution in [3.05, 3.63) is 29.8 Å². The van der Waals surface area contributed by atoms with Gasteiger partial charge in [0, 0.05) is 25.3 Å². The Morgan fingerprint density at radius 3 is 2.50 bits per heavy atom. The second-order valence-corrected chi connectivity index (χ2v) is 5.63. The number of benzene rings is 1. The van der Waals surface area contributed by atoms with E-state index in [2.05, 4.69) is 5.32 Å². The number of hydrogen-bond donors (Lipinski definition) is 2. The van der Waals surface area contributed by atoms with Crippen LogP contribution in [0.15, 0.2) is 24.3 Å². The molecule has 1 aromatic rings. The molecule has 0 spiro atoms. The van der Waals surface area contributed by atoms with Crippen molar-refractivity contribution in [2.45, 2.75) is 44.7 Å². The van der Waals surface area contributed by atoms with E-state index in [1.165, 1.54) is 19.3 Å². The van der Waals surface area contributed by atoms with Crippen molar-refractivity contribution >= 4 is 11.6 Å². The van der Waals surface area contributed by atoms with Crippen molar-refractivity contribution in [3.63, 3.8) is 0 Å². The lowest BCUT2D eigenvalue weighted by atomic mass is 9.95. The van der Waals surface area contributed by atoms with E-state index in [1.807, 2.05) is 36.2 Å². The number of rotatable bonds is 5.